The number of phosphoric acid groups is 1. The lowest BCUT2D eigenvalue weighted by Crippen LogP contribution is -2.37. The van der Waals surface area contributed by atoms with Crippen molar-refractivity contribution in [2.75, 3.05) is 47.5 Å². The lowest BCUT2D eigenvalue weighted by molar-refractivity contribution is -0.870. The molecule has 0 aromatic carbocycles. The average molecular weight is 815 g/mol. The van der Waals surface area contributed by atoms with Crippen molar-refractivity contribution in [2.45, 2.75) is 212 Å². The van der Waals surface area contributed by atoms with Gasteiger partial charge in [0.05, 0.1) is 27.7 Å². The van der Waals surface area contributed by atoms with Crippen LogP contribution in [0.15, 0.2) is 24.8 Å². The fourth-order valence-electron chi connectivity index (χ4n) is 6.46. The van der Waals surface area contributed by atoms with Gasteiger partial charge in [-0.25, -0.2) is 4.57 Å². The first-order valence-electron chi connectivity index (χ1n) is 23.0. The first-order valence-corrected chi connectivity index (χ1v) is 24.5. The fraction of sp³-hybridized carbons (Fsp3) is 0.870. The SMILES string of the molecule is C=CCCCCCCCCCCCCCCCC(=O)OC[C@H](COP(=O)(O)OCC[N+](C)(C)C)OC(=O)CCCCCCCCCCC/C=C/CCCCCC. The van der Waals surface area contributed by atoms with Gasteiger partial charge in [-0.1, -0.05) is 160 Å². The van der Waals surface area contributed by atoms with Crippen LogP contribution in [0.1, 0.15) is 206 Å². The number of carbonyl (C=O) groups excluding carboxylic acids is 2. The third-order valence-corrected chi connectivity index (χ3v) is 11.1. The van der Waals surface area contributed by atoms with Crippen molar-refractivity contribution >= 4 is 19.8 Å². The van der Waals surface area contributed by atoms with Crippen molar-refractivity contribution in [1.29, 1.82) is 0 Å². The Morgan fingerprint density at radius 3 is 1.45 bits per heavy atom. The van der Waals surface area contributed by atoms with E-state index in [1.54, 1.807) is 0 Å². The number of carbonyl (C=O) groups is 2. The number of esters is 2. The molecule has 0 aliphatic carbocycles. The number of likely N-dealkylation sites (N-methyl/N-ethyl adjacent to an activating group) is 1. The number of ether oxygens (including phenoxy) is 2. The molecule has 1 N–H and O–H groups in total. The summed E-state index contributed by atoms with van der Waals surface area (Å²) in [5.74, 6) is -0.797. The van der Waals surface area contributed by atoms with Gasteiger partial charge in [-0.3, -0.25) is 18.6 Å². The minimum absolute atomic E-state index is 0.0323. The molecule has 0 rings (SSSR count). The lowest BCUT2D eigenvalue weighted by Gasteiger charge is -2.24. The van der Waals surface area contributed by atoms with Crippen molar-refractivity contribution < 1.29 is 42.1 Å². The maximum Gasteiger partial charge on any atom is 0.472 e. The second kappa shape index (κ2) is 39.0. The Bertz CT molecular complexity index is 998. The Labute approximate surface area is 345 Å². The third-order valence-electron chi connectivity index (χ3n) is 10.1. The highest BCUT2D eigenvalue weighted by Crippen LogP contribution is 2.43. The molecule has 0 spiro atoms. The molecular formula is C46H89NO8P+. The number of phosphoric ester groups is 1. The summed E-state index contributed by atoms with van der Waals surface area (Å²) < 4.78 is 34.3. The summed E-state index contributed by atoms with van der Waals surface area (Å²) in [4.78, 5) is 35.4. The topological polar surface area (TPSA) is 108 Å². The quantitative estimate of drug-likeness (QED) is 0.0213. The third kappa shape index (κ3) is 42.1. The van der Waals surface area contributed by atoms with Crippen molar-refractivity contribution in [3.63, 3.8) is 0 Å². The number of allylic oxidation sites excluding steroid dienone is 3. The van der Waals surface area contributed by atoms with E-state index in [4.69, 9.17) is 18.5 Å². The predicted molar refractivity (Wildman–Crippen MR) is 234 cm³/mol. The summed E-state index contributed by atoms with van der Waals surface area (Å²) in [5, 5.41) is 0. The van der Waals surface area contributed by atoms with E-state index in [1.165, 1.54) is 135 Å². The van der Waals surface area contributed by atoms with Gasteiger partial charge in [-0.15, -0.1) is 6.58 Å². The molecule has 0 aliphatic rings. The summed E-state index contributed by atoms with van der Waals surface area (Å²) in [6.07, 6.45) is 41.1. The van der Waals surface area contributed by atoms with Crippen LogP contribution in [0.3, 0.4) is 0 Å². The second-order valence-electron chi connectivity index (χ2n) is 16.9. The number of quaternary nitrogens is 1. The van der Waals surface area contributed by atoms with Gasteiger partial charge in [0, 0.05) is 12.8 Å². The van der Waals surface area contributed by atoms with Gasteiger partial charge in [0.25, 0.3) is 0 Å². The molecule has 0 amide bonds. The monoisotopic (exact) mass is 815 g/mol. The van der Waals surface area contributed by atoms with E-state index in [2.05, 4.69) is 25.7 Å². The van der Waals surface area contributed by atoms with Crippen molar-refractivity contribution in [3.8, 4) is 0 Å². The first-order chi connectivity index (χ1) is 27.0. The molecule has 10 heteroatoms. The maximum atomic E-state index is 12.7. The van der Waals surface area contributed by atoms with Crippen molar-refractivity contribution in [3.05, 3.63) is 24.8 Å². The normalized spacial score (nSPS) is 13.5. The molecule has 0 fully saturated rings. The van der Waals surface area contributed by atoms with Gasteiger partial charge in [-0.2, -0.15) is 0 Å². The molecule has 330 valence electrons. The van der Waals surface area contributed by atoms with Crippen LogP contribution in [-0.4, -0.2) is 74.9 Å². The van der Waals surface area contributed by atoms with Crippen molar-refractivity contribution in [1.82, 2.24) is 0 Å². The second-order valence-corrected chi connectivity index (χ2v) is 18.3. The standard InChI is InChI=1S/C46H88NO8P/c1-6-8-10-12-14-16-18-20-22-23-25-27-29-31-33-35-37-39-46(49)55-44(43-54-56(50,51)53-41-40-47(3,4)5)42-52-45(48)38-36-34-32-30-28-26-24-21-19-17-15-13-11-9-7-2/h7,16,18,44H,2,6,8-15,17,19-43H2,1,3-5H3/p+1/b18-16+/t44-/m1/s1. The van der Waals surface area contributed by atoms with E-state index in [-0.39, 0.29) is 32.0 Å². The zero-order valence-electron chi connectivity index (χ0n) is 37.0. The number of hydrogen-bond donors (Lipinski definition) is 1. The van der Waals surface area contributed by atoms with E-state index in [1.807, 2.05) is 27.2 Å². The molecule has 0 saturated heterocycles. The molecule has 2 atom stereocenters. The van der Waals surface area contributed by atoms with Gasteiger partial charge < -0.3 is 18.9 Å². The van der Waals surface area contributed by atoms with Crippen LogP contribution in [-0.2, 0) is 32.7 Å². The van der Waals surface area contributed by atoms with E-state index in [0.29, 0.717) is 17.4 Å². The summed E-state index contributed by atoms with van der Waals surface area (Å²) in [6, 6.07) is 0. The number of unbranched alkanes of at least 4 members (excludes halogenated alkanes) is 26. The van der Waals surface area contributed by atoms with E-state index in [0.717, 1.165) is 44.9 Å². The molecule has 9 nitrogen and oxygen atoms in total. The largest absolute Gasteiger partial charge is 0.472 e. The molecule has 0 aromatic rings. The first kappa shape index (κ1) is 54.5. The van der Waals surface area contributed by atoms with E-state index >= 15 is 0 Å². The maximum absolute atomic E-state index is 12.7. The molecule has 1 unspecified atom stereocenters. The highest BCUT2D eigenvalue weighted by molar-refractivity contribution is 7.47. The fourth-order valence-corrected chi connectivity index (χ4v) is 7.20. The molecule has 56 heavy (non-hydrogen) atoms. The highest BCUT2D eigenvalue weighted by Gasteiger charge is 2.27. The van der Waals surface area contributed by atoms with E-state index in [9.17, 15) is 19.0 Å². The Kier molecular flexibility index (Phi) is 37.9. The number of rotatable bonds is 43. The Morgan fingerprint density at radius 2 is 1.00 bits per heavy atom. The Balaban J connectivity index is 4.30. The molecule has 0 radical (unpaired) electrons. The highest BCUT2D eigenvalue weighted by atomic mass is 31.2. The molecular weight excluding hydrogens is 725 g/mol. The predicted octanol–water partition coefficient (Wildman–Crippen LogP) is 13.1. The number of hydrogen-bond acceptors (Lipinski definition) is 7. The van der Waals surface area contributed by atoms with Gasteiger partial charge in [-0.05, 0) is 51.4 Å². The van der Waals surface area contributed by atoms with Gasteiger partial charge in [0.2, 0.25) is 0 Å². The van der Waals surface area contributed by atoms with Crippen LogP contribution in [0, 0.1) is 0 Å². The van der Waals surface area contributed by atoms with Gasteiger partial charge in [0.1, 0.15) is 19.8 Å². The average Bonchev–Trinajstić information content (AvgIpc) is 3.15. The lowest BCUT2D eigenvalue weighted by atomic mass is 10.0. The minimum atomic E-state index is -4.37. The minimum Gasteiger partial charge on any atom is -0.462 e. The van der Waals surface area contributed by atoms with Crippen LogP contribution < -0.4 is 0 Å². The van der Waals surface area contributed by atoms with Crippen LogP contribution in [0.25, 0.3) is 0 Å². The Morgan fingerprint density at radius 1 is 0.589 bits per heavy atom. The summed E-state index contributed by atoms with van der Waals surface area (Å²) >= 11 is 0. The van der Waals surface area contributed by atoms with E-state index < -0.39 is 26.5 Å². The van der Waals surface area contributed by atoms with Crippen molar-refractivity contribution in [2.24, 2.45) is 0 Å². The summed E-state index contributed by atoms with van der Waals surface area (Å²) in [5.41, 5.74) is 0. The zero-order chi connectivity index (χ0) is 41.4. The molecule has 0 aliphatic heterocycles. The molecule has 0 heterocycles. The molecule has 0 aromatic heterocycles. The zero-order valence-corrected chi connectivity index (χ0v) is 37.9. The van der Waals surface area contributed by atoms with Crippen LogP contribution >= 0.6 is 7.82 Å². The summed E-state index contributed by atoms with van der Waals surface area (Å²) in [7, 11) is 1.48. The Hall–Kier alpha value is -1.51. The smallest absolute Gasteiger partial charge is 0.462 e. The summed E-state index contributed by atoms with van der Waals surface area (Å²) in [6.45, 7) is 5.95. The molecule has 0 saturated carbocycles. The van der Waals surface area contributed by atoms with Gasteiger partial charge >= 0.3 is 19.8 Å². The van der Waals surface area contributed by atoms with Crippen LogP contribution in [0.4, 0.5) is 0 Å². The van der Waals surface area contributed by atoms with Gasteiger partial charge in [0.15, 0.2) is 6.10 Å². The van der Waals surface area contributed by atoms with Crippen LogP contribution in [0.5, 0.6) is 0 Å². The molecule has 0 bridgehead atoms. The number of nitrogens with zero attached hydrogens (tertiary/aromatic N) is 1. The van der Waals surface area contributed by atoms with Crippen LogP contribution in [0.2, 0.25) is 0 Å².